The minimum atomic E-state index is -0.683. The average Bonchev–Trinajstić information content (AvgIpc) is 3.37. The van der Waals surface area contributed by atoms with Crippen LogP contribution in [-0.2, 0) is 9.47 Å². The number of hydrogen-bond donors (Lipinski definition) is 0. The SMILES string of the molecule is COC(=O)c1ccc(C2=CC3(CCN2C(=O)OC(C)(C)C)CC3)c([N+](=O)[O-])c1. The maximum Gasteiger partial charge on any atom is 0.414 e. The van der Waals surface area contributed by atoms with Crippen LogP contribution in [-0.4, -0.2) is 41.1 Å². The zero-order valence-corrected chi connectivity index (χ0v) is 16.5. The number of nitro groups is 1. The second-order valence-electron chi connectivity index (χ2n) is 8.25. The summed E-state index contributed by atoms with van der Waals surface area (Å²) in [5, 5.41) is 11.7. The number of carbonyl (C=O) groups excluding carboxylic acids is 2. The molecule has 1 aromatic carbocycles. The third kappa shape index (κ3) is 4.00. The van der Waals surface area contributed by atoms with Crippen molar-refractivity contribution in [3.63, 3.8) is 0 Å². The van der Waals surface area contributed by atoms with Gasteiger partial charge < -0.3 is 9.47 Å². The molecule has 0 bridgehead atoms. The lowest BCUT2D eigenvalue weighted by molar-refractivity contribution is -0.385. The van der Waals surface area contributed by atoms with E-state index in [0.29, 0.717) is 12.2 Å². The van der Waals surface area contributed by atoms with Crippen molar-refractivity contribution in [3.05, 3.63) is 45.5 Å². The number of amides is 1. The number of methoxy groups -OCH3 is 1. The number of nitrogens with zero attached hydrogens (tertiary/aromatic N) is 2. The molecule has 8 nitrogen and oxygen atoms in total. The second-order valence-corrected chi connectivity index (χ2v) is 8.25. The first-order valence-electron chi connectivity index (χ1n) is 9.16. The van der Waals surface area contributed by atoms with E-state index in [4.69, 9.17) is 4.74 Å². The highest BCUT2D eigenvalue weighted by Gasteiger charge is 2.46. The first kappa shape index (κ1) is 19.9. The fourth-order valence-corrected chi connectivity index (χ4v) is 3.32. The van der Waals surface area contributed by atoms with Crippen LogP contribution in [0.3, 0.4) is 0 Å². The summed E-state index contributed by atoms with van der Waals surface area (Å²) >= 11 is 0. The Morgan fingerprint density at radius 3 is 2.43 bits per heavy atom. The van der Waals surface area contributed by atoms with Crippen molar-refractivity contribution in [2.75, 3.05) is 13.7 Å². The summed E-state index contributed by atoms with van der Waals surface area (Å²) in [7, 11) is 1.22. The molecular weight excluding hydrogens is 364 g/mol. The van der Waals surface area contributed by atoms with E-state index in [-0.39, 0.29) is 22.2 Å². The van der Waals surface area contributed by atoms with Gasteiger partial charge in [-0.25, -0.2) is 9.59 Å². The van der Waals surface area contributed by atoms with Crippen molar-refractivity contribution in [2.45, 2.75) is 45.6 Å². The second kappa shape index (κ2) is 6.92. The molecule has 1 aliphatic heterocycles. The minimum Gasteiger partial charge on any atom is -0.465 e. The van der Waals surface area contributed by atoms with E-state index in [9.17, 15) is 19.7 Å². The Hall–Kier alpha value is -2.90. The van der Waals surface area contributed by atoms with E-state index in [1.165, 1.54) is 30.2 Å². The highest BCUT2D eigenvalue weighted by Crippen LogP contribution is 2.54. The number of rotatable bonds is 3. The van der Waals surface area contributed by atoms with Crippen molar-refractivity contribution >= 4 is 23.4 Å². The summed E-state index contributed by atoms with van der Waals surface area (Å²) in [6, 6.07) is 4.15. The molecule has 3 rings (SSSR count). The molecule has 0 aromatic heterocycles. The van der Waals surface area contributed by atoms with Crippen LogP contribution >= 0.6 is 0 Å². The number of hydrogen-bond acceptors (Lipinski definition) is 6. The molecule has 1 aromatic rings. The van der Waals surface area contributed by atoms with Gasteiger partial charge in [-0.3, -0.25) is 15.0 Å². The van der Waals surface area contributed by atoms with Gasteiger partial charge in [0, 0.05) is 12.6 Å². The van der Waals surface area contributed by atoms with Crippen LogP contribution in [0.15, 0.2) is 24.3 Å². The Morgan fingerprint density at radius 1 is 1.21 bits per heavy atom. The van der Waals surface area contributed by atoms with Gasteiger partial charge >= 0.3 is 12.1 Å². The van der Waals surface area contributed by atoms with Crippen molar-refractivity contribution < 1.29 is 24.0 Å². The van der Waals surface area contributed by atoms with Gasteiger partial charge in [0.2, 0.25) is 0 Å². The van der Waals surface area contributed by atoms with Crippen LogP contribution in [0.1, 0.15) is 56.0 Å². The highest BCUT2D eigenvalue weighted by atomic mass is 16.6. The number of benzene rings is 1. The number of allylic oxidation sites excluding steroid dienone is 1. The topological polar surface area (TPSA) is 99.0 Å². The lowest BCUT2D eigenvalue weighted by atomic mass is 9.92. The molecule has 1 fully saturated rings. The largest absolute Gasteiger partial charge is 0.465 e. The third-order valence-corrected chi connectivity index (χ3v) is 4.96. The Labute approximate surface area is 163 Å². The van der Waals surface area contributed by atoms with E-state index in [0.717, 1.165) is 19.3 Å². The van der Waals surface area contributed by atoms with Gasteiger partial charge in [-0.1, -0.05) is 6.08 Å². The van der Waals surface area contributed by atoms with Crippen LogP contribution < -0.4 is 0 Å². The van der Waals surface area contributed by atoms with Gasteiger partial charge in [0.15, 0.2) is 0 Å². The molecule has 150 valence electrons. The summed E-state index contributed by atoms with van der Waals surface area (Å²) in [5.41, 5.74) is -0.115. The Bertz CT molecular complexity index is 864. The minimum absolute atomic E-state index is 0.0112. The van der Waals surface area contributed by atoms with Crippen molar-refractivity contribution in [2.24, 2.45) is 5.41 Å². The predicted octanol–water partition coefficient (Wildman–Crippen LogP) is 4.14. The summed E-state index contributed by atoms with van der Waals surface area (Å²) in [6.45, 7) is 5.74. The van der Waals surface area contributed by atoms with Gasteiger partial charge in [-0.05, 0) is 57.6 Å². The van der Waals surface area contributed by atoms with Gasteiger partial charge in [0.25, 0.3) is 5.69 Å². The molecule has 28 heavy (non-hydrogen) atoms. The van der Waals surface area contributed by atoms with Crippen LogP contribution in [0, 0.1) is 15.5 Å². The fourth-order valence-electron chi connectivity index (χ4n) is 3.32. The quantitative estimate of drug-likeness (QED) is 0.438. The summed E-state index contributed by atoms with van der Waals surface area (Å²) in [5.74, 6) is -0.657. The first-order valence-corrected chi connectivity index (χ1v) is 9.16. The third-order valence-electron chi connectivity index (χ3n) is 4.96. The van der Waals surface area contributed by atoms with Crippen LogP contribution in [0.2, 0.25) is 0 Å². The normalized spacial score (nSPS) is 17.7. The summed E-state index contributed by atoms with van der Waals surface area (Å²) in [4.78, 5) is 37.1. The van der Waals surface area contributed by atoms with Crippen molar-refractivity contribution in [3.8, 4) is 0 Å². The number of carbonyl (C=O) groups is 2. The summed E-state index contributed by atoms with van der Waals surface area (Å²) < 4.78 is 10.2. The Kier molecular flexibility index (Phi) is 4.91. The molecule has 8 heteroatoms. The smallest absolute Gasteiger partial charge is 0.414 e. The number of esters is 1. The zero-order valence-electron chi connectivity index (χ0n) is 16.5. The molecule has 0 unspecified atom stereocenters. The average molecular weight is 388 g/mol. The molecule has 1 heterocycles. The van der Waals surface area contributed by atoms with Crippen molar-refractivity contribution in [1.29, 1.82) is 0 Å². The van der Waals surface area contributed by atoms with E-state index in [1.807, 2.05) is 6.08 Å². The lowest BCUT2D eigenvalue weighted by Crippen LogP contribution is -2.39. The van der Waals surface area contributed by atoms with Crippen molar-refractivity contribution in [1.82, 2.24) is 4.90 Å². The van der Waals surface area contributed by atoms with E-state index in [1.54, 1.807) is 20.8 Å². The number of ether oxygens (including phenoxy) is 2. The van der Waals surface area contributed by atoms with Crippen LogP contribution in [0.25, 0.3) is 5.70 Å². The first-order chi connectivity index (χ1) is 13.1. The zero-order chi connectivity index (χ0) is 20.7. The van der Waals surface area contributed by atoms with Gasteiger partial charge in [0.05, 0.1) is 28.9 Å². The monoisotopic (exact) mass is 388 g/mol. The standard InChI is InChI=1S/C20H24N2O6/c1-19(2,3)28-18(24)21-10-9-20(7-8-20)12-16(21)14-6-5-13(17(23)27-4)11-15(14)22(25)26/h5-6,11-12H,7-10H2,1-4H3. The summed E-state index contributed by atoms with van der Waals surface area (Å²) in [6.07, 6.45) is 4.18. The molecule has 1 amide bonds. The molecule has 0 saturated heterocycles. The molecular formula is C20H24N2O6. The van der Waals surface area contributed by atoms with Crippen LogP contribution in [0.5, 0.6) is 0 Å². The maximum atomic E-state index is 12.8. The number of nitro benzene ring substituents is 1. The van der Waals surface area contributed by atoms with Gasteiger partial charge in [0.1, 0.15) is 5.60 Å². The maximum absolute atomic E-state index is 12.8. The predicted molar refractivity (Wildman–Crippen MR) is 102 cm³/mol. The van der Waals surface area contributed by atoms with Crippen LogP contribution in [0.4, 0.5) is 10.5 Å². The molecule has 1 saturated carbocycles. The van der Waals surface area contributed by atoms with Gasteiger partial charge in [-0.15, -0.1) is 0 Å². The highest BCUT2D eigenvalue weighted by molar-refractivity contribution is 5.92. The Balaban J connectivity index is 2.07. The van der Waals surface area contributed by atoms with E-state index < -0.39 is 22.6 Å². The molecule has 0 radical (unpaired) electrons. The van der Waals surface area contributed by atoms with Gasteiger partial charge in [-0.2, -0.15) is 0 Å². The molecule has 0 N–H and O–H groups in total. The molecule has 0 atom stereocenters. The molecule has 2 aliphatic rings. The molecule has 1 aliphatic carbocycles. The fraction of sp³-hybridized carbons (Fsp3) is 0.500. The van der Waals surface area contributed by atoms with E-state index in [2.05, 4.69) is 4.74 Å². The lowest BCUT2D eigenvalue weighted by Gasteiger charge is -2.34. The molecule has 1 spiro atoms. The Morgan fingerprint density at radius 2 is 1.89 bits per heavy atom. The van der Waals surface area contributed by atoms with E-state index >= 15 is 0 Å².